The van der Waals surface area contributed by atoms with E-state index < -0.39 is 10.0 Å². The molecule has 0 bridgehead atoms. The molecule has 35 heavy (non-hydrogen) atoms. The van der Waals surface area contributed by atoms with E-state index in [-0.39, 0.29) is 23.5 Å². The first kappa shape index (κ1) is 25.9. The fourth-order valence-corrected chi connectivity index (χ4v) is 4.62. The van der Waals surface area contributed by atoms with E-state index in [0.29, 0.717) is 35.1 Å². The van der Waals surface area contributed by atoms with Crippen LogP contribution < -0.4 is 24.2 Å². The third kappa shape index (κ3) is 6.89. The van der Waals surface area contributed by atoms with Gasteiger partial charge in [-0.3, -0.25) is 9.52 Å². The second-order valence-electron chi connectivity index (χ2n) is 7.81. The van der Waals surface area contributed by atoms with Crippen LogP contribution in [0.15, 0.2) is 71.6 Å². The average molecular weight is 499 g/mol. The molecular weight excluding hydrogens is 468 g/mol. The first-order valence-electron chi connectivity index (χ1n) is 11.1. The lowest BCUT2D eigenvalue weighted by molar-refractivity contribution is -0.123. The normalized spacial score (nSPS) is 11.9. The van der Waals surface area contributed by atoms with Gasteiger partial charge in [-0.15, -0.1) is 0 Å². The van der Waals surface area contributed by atoms with E-state index >= 15 is 0 Å². The van der Waals surface area contributed by atoms with E-state index in [9.17, 15) is 13.2 Å². The first-order valence-corrected chi connectivity index (χ1v) is 12.6. The smallest absolute Gasteiger partial charge is 0.261 e. The number of aryl methyl sites for hydroxylation is 1. The minimum absolute atomic E-state index is 0.0884. The Morgan fingerprint density at radius 1 is 0.971 bits per heavy atom. The molecule has 3 rings (SSSR count). The second kappa shape index (κ2) is 11.6. The van der Waals surface area contributed by atoms with Crippen LogP contribution in [0.3, 0.4) is 0 Å². The number of carbonyl (C=O) groups excluding carboxylic acids is 1. The highest BCUT2D eigenvalue weighted by atomic mass is 32.2. The van der Waals surface area contributed by atoms with Crippen molar-refractivity contribution in [1.29, 1.82) is 0 Å². The van der Waals surface area contributed by atoms with Gasteiger partial charge in [0.15, 0.2) is 6.61 Å². The van der Waals surface area contributed by atoms with Gasteiger partial charge in [0.25, 0.3) is 15.9 Å². The summed E-state index contributed by atoms with van der Waals surface area (Å²) in [6.07, 6.45) is 0. The molecule has 1 atom stereocenters. The number of ether oxygens (including phenoxy) is 3. The highest BCUT2D eigenvalue weighted by molar-refractivity contribution is 7.92. The summed E-state index contributed by atoms with van der Waals surface area (Å²) in [4.78, 5) is 12.5. The fraction of sp³-hybridized carbons (Fsp3) is 0.269. The van der Waals surface area contributed by atoms with Gasteiger partial charge in [-0.25, -0.2) is 8.42 Å². The largest absolute Gasteiger partial charge is 0.496 e. The van der Waals surface area contributed by atoms with Crippen LogP contribution in [0, 0.1) is 6.92 Å². The molecule has 0 heterocycles. The van der Waals surface area contributed by atoms with Crippen LogP contribution >= 0.6 is 0 Å². The molecule has 0 spiro atoms. The number of rotatable bonds is 11. The zero-order valence-electron chi connectivity index (χ0n) is 20.2. The van der Waals surface area contributed by atoms with Crippen molar-refractivity contribution in [3.8, 4) is 17.2 Å². The highest BCUT2D eigenvalue weighted by Gasteiger charge is 2.17. The Hall–Kier alpha value is -3.72. The van der Waals surface area contributed by atoms with E-state index in [1.165, 1.54) is 12.1 Å². The van der Waals surface area contributed by atoms with Crippen LogP contribution in [0.1, 0.15) is 31.0 Å². The molecule has 8 nitrogen and oxygen atoms in total. The average Bonchev–Trinajstić information content (AvgIpc) is 2.84. The summed E-state index contributed by atoms with van der Waals surface area (Å²) >= 11 is 0. The number of sulfonamides is 1. The summed E-state index contributed by atoms with van der Waals surface area (Å²) in [6, 6.07) is 18.3. The Labute approximate surface area is 206 Å². The van der Waals surface area contributed by atoms with Crippen molar-refractivity contribution in [2.45, 2.75) is 31.7 Å². The molecule has 3 aromatic carbocycles. The van der Waals surface area contributed by atoms with Gasteiger partial charge in [0.05, 0.1) is 24.7 Å². The summed E-state index contributed by atoms with van der Waals surface area (Å²) in [5.41, 5.74) is 1.87. The predicted octanol–water partition coefficient (Wildman–Crippen LogP) is 4.46. The third-order valence-corrected chi connectivity index (χ3v) is 6.59. The van der Waals surface area contributed by atoms with Gasteiger partial charge in [-0.1, -0.05) is 18.2 Å². The number of nitrogens with one attached hydrogen (secondary N) is 2. The highest BCUT2D eigenvalue weighted by Crippen LogP contribution is 2.26. The monoisotopic (exact) mass is 498 g/mol. The van der Waals surface area contributed by atoms with Crippen molar-refractivity contribution in [1.82, 2.24) is 5.32 Å². The molecule has 1 amide bonds. The van der Waals surface area contributed by atoms with Gasteiger partial charge in [0.2, 0.25) is 0 Å². The summed E-state index contributed by atoms with van der Waals surface area (Å²) in [5, 5.41) is 2.88. The molecule has 0 aliphatic carbocycles. The molecule has 0 aliphatic rings. The van der Waals surface area contributed by atoms with Crippen molar-refractivity contribution in [3.05, 3.63) is 77.9 Å². The lowest BCUT2D eigenvalue weighted by Crippen LogP contribution is -2.31. The van der Waals surface area contributed by atoms with Gasteiger partial charge >= 0.3 is 0 Å². The van der Waals surface area contributed by atoms with Crippen molar-refractivity contribution in [3.63, 3.8) is 0 Å². The minimum atomic E-state index is -3.80. The van der Waals surface area contributed by atoms with Crippen molar-refractivity contribution in [2.75, 3.05) is 25.0 Å². The lowest BCUT2D eigenvalue weighted by atomic mass is 10.1. The number of methoxy groups -OCH3 is 1. The van der Waals surface area contributed by atoms with Crippen LogP contribution in [-0.4, -0.2) is 34.6 Å². The Morgan fingerprint density at radius 2 is 1.69 bits per heavy atom. The standard InChI is InChI=1S/C26H30N2O6S/c1-5-33-21-12-10-20(11-13-21)28-35(30,31)22-14-15-24(18(2)16-22)34-17-26(29)27-19(3)23-8-6-7-9-25(23)32-4/h6-16,19,28H,5,17H2,1-4H3,(H,27,29)/t19-/m0/s1. The maximum absolute atomic E-state index is 12.8. The predicted molar refractivity (Wildman–Crippen MR) is 135 cm³/mol. The number of amides is 1. The van der Waals surface area contributed by atoms with E-state index in [0.717, 1.165) is 5.56 Å². The molecule has 0 saturated heterocycles. The molecule has 0 saturated carbocycles. The molecule has 2 N–H and O–H groups in total. The number of para-hydroxylation sites is 1. The Bertz CT molecular complexity index is 1260. The number of benzene rings is 3. The van der Waals surface area contributed by atoms with E-state index in [4.69, 9.17) is 14.2 Å². The topological polar surface area (TPSA) is 103 Å². The summed E-state index contributed by atoms with van der Waals surface area (Å²) in [7, 11) is -2.22. The third-order valence-electron chi connectivity index (χ3n) is 5.22. The number of hydrogen-bond acceptors (Lipinski definition) is 6. The maximum Gasteiger partial charge on any atom is 0.261 e. The lowest BCUT2D eigenvalue weighted by Gasteiger charge is -2.18. The quantitative estimate of drug-likeness (QED) is 0.405. The van der Waals surface area contributed by atoms with Crippen LogP contribution in [0.2, 0.25) is 0 Å². The molecule has 0 aliphatic heterocycles. The second-order valence-corrected chi connectivity index (χ2v) is 9.49. The Kier molecular flexibility index (Phi) is 8.59. The number of carbonyl (C=O) groups is 1. The molecular formula is C26H30N2O6S. The summed E-state index contributed by atoms with van der Waals surface area (Å²) in [6.45, 7) is 5.78. The summed E-state index contributed by atoms with van der Waals surface area (Å²) < 4.78 is 44.5. The molecule has 186 valence electrons. The zero-order chi connectivity index (χ0) is 25.4. The summed E-state index contributed by atoms with van der Waals surface area (Å²) in [5.74, 6) is 1.46. The van der Waals surface area contributed by atoms with Crippen molar-refractivity contribution >= 4 is 21.6 Å². The van der Waals surface area contributed by atoms with Crippen molar-refractivity contribution in [2.24, 2.45) is 0 Å². The first-order chi connectivity index (χ1) is 16.7. The molecule has 0 fully saturated rings. The van der Waals surface area contributed by atoms with Crippen LogP contribution in [-0.2, 0) is 14.8 Å². The number of hydrogen-bond donors (Lipinski definition) is 2. The van der Waals surface area contributed by atoms with Gasteiger partial charge < -0.3 is 19.5 Å². The molecule has 0 aromatic heterocycles. The molecule has 9 heteroatoms. The van der Waals surface area contributed by atoms with Crippen LogP contribution in [0.25, 0.3) is 0 Å². The minimum Gasteiger partial charge on any atom is -0.496 e. The molecule has 3 aromatic rings. The SMILES string of the molecule is CCOc1ccc(NS(=O)(=O)c2ccc(OCC(=O)N[C@@H](C)c3ccccc3OC)c(C)c2)cc1. The zero-order valence-corrected chi connectivity index (χ0v) is 21.0. The number of anilines is 1. The van der Waals surface area contributed by atoms with E-state index in [2.05, 4.69) is 10.0 Å². The van der Waals surface area contributed by atoms with Gasteiger partial charge in [0.1, 0.15) is 17.2 Å². The maximum atomic E-state index is 12.8. The molecule has 0 radical (unpaired) electrons. The van der Waals surface area contributed by atoms with Gasteiger partial charge in [-0.05, 0) is 74.9 Å². The van der Waals surface area contributed by atoms with Gasteiger partial charge in [-0.2, -0.15) is 0 Å². The Balaban J connectivity index is 1.60. The Morgan fingerprint density at radius 3 is 2.34 bits per heavy atom. The van der Waals surface area contributed by atoms with Gasteiger partial charge in [0, 0.05) is 11.3 Å². The van der Waals surface area contributed by atoms with Crippen LogP contribution in [0.4, 0.5) is 5.69 Å². The fourth-order valence-electron chi connectivity index (χ4n) is 3.48. The van der Waals surface area contributed by atoms with E-state index in [1.54, 1.807) is 44.4 Å². The molecule has 0 unspecified atom stereocenters. The van der Waals surface area contributed by atoms with Crippen molar-refractivity contribution < 1.29 is 27.4 Å². The van der Waals surface area contributed by atoms with E-state index in [1.807, 2.05) is 38.1 Å². The van der Waals surface area contributed by atoms with Crippen LogP contribution in [0.5, 0.6) is 17.2 Å².